The lowest BCUT2D eigenvalue weighted by molar-refractivity contribution is 0.0682. The molecule has 1 unspecified atom stereocenters. The molecule has 1 N–H and O–H groups in total. The van der Waals surface area contributed by atoms with E-state index in [2.05, 4.69) is 33.0 Å². The summed E-state index contributed by atoms with van der Waals surface area (Å²) in [7, 11) is 0. The Hall–Kier alpha value is -3.22. The number of fused-ring (bicyclic) bond motifs is 1. The van der Waals surface area contributed by atoms with Crippen molar-refractivity contribution in [1.82, 2.24) is 9.47 Å². The van der Waals surface area contributed by atoms with Gasteiger partial charge in [0, 0.05) is 35.1 Å². The highest BCUT2D eigenvalue weighted by Crippen LogP contribution is 2.35. The van der Waals surface area contributed by atoms with E-state index in [0.717, 1.165) is 29.5 Å². The molecule has 1 fully saturated rings. The highest BCUT2D eigenvalue weighted by Gasteiger charge is 2.31. The molecular weight excluding hydrogens is 480 g/mol. The third-order valence-corrected chi connectivity index (χ3v) is 6.80. The van der Waals surface area contributed by atoms with Crippen LogP contribution in [-0.2, 0) is 6.54 Å². The largest absolute Gasteiger partial charge is 0.477 e. The summed E-state index contributed by atoms with van der Waals surface area (Å²) in [5, 5.41) is 11.5. The average Bonchev–Trinajstić information content (AvgIpc) is 3.27. The van der Waals surface area contributed by atoms with Crippen molar-refractivity contribution < 1.29 is 9.90 Å². The Balaban J connectivity index is 1.67. The van der Waals surface area contributed by atoms with Crippen LogP contribution in [-0.4, -0.2) is 33.6 Å². The van der Waals surface area contributed by atoms with Gasteiger partial charge in [0.25, 0.3) is 5.56 Å². The molecule has 0 radical (unpaired) electrons. The van der Waals surface area contributed by atoms with Gasteiger partial charge in [-0.2, -0.15) is 0 Å². The second kappa shape index (κ2) is 8.96. The van der Waals surface area contributed by atoms with Gasteiger partial charge in [-0.15, -0.1) is 0 Å². The summed E-state index contributed by atoms with van der Waals surface area (Å²) in [6, 6.07) is 24.9. The van der Waals surface area contributed by atoms with Crippen LogP contribution in [0.5, 0.6) is 0 Å². The van der Waals surface area contributed by atoms with Crippen molar-refractivity contribution in [3.05, 3.63) is 105 Å². The Kier molecular flexibility index (Phi) is 5.87. The van der Waals surface area contributed by atoms with Gasteiger partial charge in [0.15, 0.2) is 0 Å². The minimum Gasteiger partial charge on any atom is -0.477 e. The molecular formula is C27H23BrN2O3. The number of aromatic nitrogens is 1. The van der Waals surface area contributed by atoms with Crippen molar-refractivity contribution in [3.8, 4) is 11.1 Å². The number of likely N-dealkylation sites (tertiary alicyclic amines) is 1. The topological polar surface area (TPSA) is 62.5 Å². The fourth-order valence-corrected chi connectivity index (χ4v) is 5.21. The Morgan fingerprint density at radius 2 is 1.67 bits per heavy atom. The normalized spacial score (nSPS) is 16.3. The van der Waals surface area contributed by atoms with Gasteiger partial charge in [-0.1, -0.05) is 76.6 Å². The molecule has 3 aromatic carbocycles. The lowest BCUT2D eigenvalue weighted by atomic mass is 9.96. The average molecular weight is 503 g/mol. The van der Waals surface area contributed by atoms with Crippen LogP contribution in [0.2, 0.25) is 0 Å². The van der Waals surface area contributed by atoms with Gasteiger partial charge in [0.2, 0.25) is 0 Å². The fourth-order valence-electron chi connectivity index (χ4n) is 4.85. The molecule has 1 atom stereocenters. The number of benzene rings is 3. The molecule has 0 saturated carbocycles. The first kappa shape index (κ1) is 21.6. The number of pyridine rings is 1. The maximum Gasteiger partial charge on any atom is 0.353 e. The lowest BCUT2D eigenvalue weighted by Crippen LogP contribution is -2.32. The van der Waals surface area contributed by atoms with Crippen LogP contribution in [0, 0.1) is 0 Å². The molecule has 1 aliphatic rings. The molecule has 1 aliphatic heterocycles. The van der Waals surface area contributed by atoms with Crippen molar-refractivity contribution in [1.29, 1.82) is 0 Å². The maximum absolute atomic E-state index is 13.7. The molecule has 0 amide bonds. The third kappa shape index (κ3) is 4.12. The van der Waals surface area contributed by atoms with Gasteiger partial charge in [-0.3, -0.25) is 14.3 Å². The SMILES string of the molecule is O=C(O)c1c(-c2ccccc2)c2cc(Br)ccc2c(=O)n1C1CCN(Cc2ccccc2)C1. The van der Waals surface area contributed by atoms with Crippen molar-refractivity contribution in [2.75, 3.05) is 13.1 Å². The molecule has 33 heavy (non-hydrogen) atoms. The number of hydrogen-bond donors (Lipinski definition) is 1. The Labute approximate surface area is 200 Å². The van der Waals surface area contributed by atoms with Crippen molar-refractivity contribution in [2.45, 2.75) is 19.0 Å². The molecule has 0 spiro atoms. The Morgan fingerprint density at radius 1 is 0.970 bits per heavy atom. The van der Waals surface area contributed by atoms with E-state index in [1.807, 2.05) is 60.7 Å². The van der Waals surface area contributed by atoms with E-state index >= 15 is 0 Å². The van der Waals surface area contributed by atoms with Crippen LogP contribution in [0.25, 0.3) is 21.9 Å². The summed E-state index contributed by atoms with van der Waals surface area (Å²) >= 11 is 3.49. The first-order chi connectivity index (χ1) is 16.0. The van der Waals surface area contributed by atoms with E-state index < -0.39 is 5.97 Å². The second-order valence-electron chi connectivity index (χ2n) is 8.42. The molecule has 0 aliphatic carbocycles. The van der Waals surface area contributed by atoms with Crippen molar-refractivity contribution in [2.24, 2.45) is 0 Å². The third-order valence-electron chi connectivity index (χ3n) is 6.30. The summed E-state index contributed by atoms with van der Waals surface area (Å²) in [6.45, 7) is 2.22. The highest BCUT2D eigenvalue weighted by atomic mass is 79.9. The standard InChI is InChI=1S/C27H23BrN2O3/c28-20-11-12-22-23(15-20)24(19-9-5-2-6-10-19)25(27(32)33)30(26(22)31)21-13-14-29(17-21)16-18-7-3-1-4-8-18/h1-12,15,21H,13-14,16-17H2,(H,32,33). The molecule has 5 nitrogen and oxygen atoms in total. The number of halogens is 1. The first-order valence-electron chi connectivity index (χ1n) is 11.0. The molecule has 4 aromatic rings. The van der Waals surface area contributed by atoms with E-state index in [1.165, 1.54) is 10.1 Å². The summed E-state index contributed by atoms with van der Waals surface area (Å²) in [5.74, 6) is -1.09. The van der Waals surface area contributed by atoms with Gasteiger partial charge >= 0.3 is 5.97 Å². The molecule has 1 aromatic heterocycles. The van der Waals surface area contributed by atoms with Gasteiger partial charge < -0.3 is 5.11 Å². The van der Waals surface area contributed by atoms with E-state index in [0.29, 0.717) is 22.9 Å². The van der Waals surface area contributed by atoms with Gasteiger partial charge in [-0.25, -0.2) is 4.79 Å². The number of carboxylic acid groups (broad SMARTS) is 1. The predicted molar refractivity (Wildman–Crippen MR) is 134 cm³/mol. The van der Waals surface area contributed by atoms with Crippen molar-refractivity contribution >= 4 is 32.7 Å². The molecule has 1 saturated heterocycles. The summed E-state index contributed by atoms with van der Waals surface area (Å²) < 4.78 is 2.34. The van der Waals surface area contributed by atoms with E-state index in [9.17, 15) is 14.7 Å². The van der Waals surface area contributed by atoms with E-state index in [4.69, 9.17) is 0 Å². The number of rotatable bonds is 5. The van der Waals surface area contributed by atoms with E-state index in [-0.39, 0.29) is 17.3 Å². The van der Waals surface area contributed by atoms with Gasteiger partial charge in [0.1, 0.15) is 5.69 Å². The molecule has 166 valence electrons. The number of nitrogens with zero attached hydrogens (tertiary/aromatic N) is 2. The number of carboxylic acids is 1. The van der Waals surface area contributed by atoms with Crippen molar-refractivity contribution in [3.63, 3.8) is 0 Å². The van der Waals surface area contributed by atoms with Crippen LogP contribution < -0.4 is 5.56 Å². The number of aromatic carboxylic acids is 1. The number of carbonyl (C=O) groups is 1. The quantitative estimate of drug-likeness (QED) is 0.387. The monoisotopic (exact) mass is 502 g/mol. The summed E-state index contributed by atoms with van der Waals surface area (Å²) in [6.07, 6.45) is 0.725. The van der Waals surface area contributed by atoms with Crippen LogP contribution in [0.15, 0.2) is 88.1 Å². The maximum atomic E-state index is 13.7. The van der Waals surface area contributed by atoms with Crippen LogP contribution in [0.3, 0.4) is 0 Å². The fraction of sp³-hybridized carbons (Fsp3) is 0.185. The molecule has 6 heteroatoms. The minimum atomic E-state index is -1.09. The van der Waals surface area contributed by atoms with E-state index in [1.54, 1.807) is 6.07 Å². The van der Waals surface area contributed by atoms with Crippen LogP contribution in [0.4, 0.5) is 0 Å². The highest BCUT2D eigenvalue weighted by molar-refractivity contribution is 9.10. The van der Waals surface area contributed by atoms with Crippen LogP contribution >= 0.6 is 15.9 Å². The zero-order valence-electron chi connectivity index (χ0n) is 17.9. The Morgan fingerprint density at radius 3 is 2.36 bits per heavy atom. The lowest BCUT2D eigenvalue weighted by Gasteiger charge is -2.23. The van der Waals surface area contributed by atoms with Crippen LogP contribution in [0.1, 0.15) is 28.5 Å². The summed E-state index contributed by atoms with van der Waals surface area (Å²) in [4.78, 5) is 28.6. The number of hydrogen-bond acceptors (Lipinski definition) is 3. The smallest absolute Gasteiger partial charge is 0.353 e. The molecule has 2 heterocycles. The zero-order valence-corrected chi connectivity index (χ0v) is 19.5. The minimum absolute atomic E-state index is 0.0587. The van der Waals surface area contributed by atoms with Gasteiger partial charge in [-0.05, 0) is 41.1 Å². The molecule has 5 rings (SSSR count). The Bertz CT molecular complexity index is 1380. The second-order valence-corrected chi connectivity index (χ2v) is 9.34. The first-order valence-corrected chi connectivity index (χ1v) is 11.7. The predicted octanol–water partition coefficient (Wildman–Crippen LogP) is 5.58. The zero-order chi connectivity index (χ0) is 22.9. The molecule has 0 bridgehead atoms. The van der Waals surface area contributed by atoms with Gasteiger partial charge in [0.05, 0.1) is 6.04 Å². The summed E-state index contributed by atoms with van der Waals surface area (Å²) in [5.41, 5.74) is 2.38.